The van der Waals surface area contributed by atoms with Crippen molar-refractivity contribution >= 4 is 5.82 Å². The quantitative estimate of drug-likeness (QED) is 0.687. The number of rotatable bonds is 3. The summed E-state index contributed by atoms with van der Waals surface area (Å²) in [4.78, 5) is 4.41. The molecule has 0 aliphatic heterocycles. The maximum Gasteiger partial charge on any atom is 0.142 e. The fourth-order valence-corrected chi connectivity index (χ4v) is 3.09. The summed E-state index contributed by atoms with van der Waals surface area (Å²) >= 11 is 0. The van der Waals surface area contributed by atoms with E-state index in [2.05, 4.69) is 37.0 Å². The summed E-state index contributed by atoms with van der Waals surface area (Å²) in [5.41, 5.74) is 11.6. The van der Waals surface area contributed by atoms with Gasteiger partial charge in [0.05, 0.1) is 5.69 Å². The summed E-state index contributed by atoms with van der Waals surface area (Å²) in [7, 11) is 0. The third-order valence-electron chi connectivity index (χ3n) is 4.56. The minimum Gasteiger partial charge on any atom is -0.383 e. The molecule has 1 heterocycles. The molecule has 0 aliphatic rings. The molecule has 4 heteroatoms. The Labute approximate surface area is 152 Å². The number of anilines is 1. The fraction of sp³-hybridized carbons (Fsp3) is 0.182. The van der Waals surface area contributed by atoms with Gasteiger partial charge in [-0.25, -0.2) is 9.37 Å². The Kier molecular flexibility index (Phi) is 4.73. The smallest absolute Gasteiger partial charge is 0.142 e. The third-order valence-corrected chi connectivity index (χ3v) is 4.56. The highest BCUT2D eigenvalue weighted by Gasteiger charge is 2.18. The molecule has 0 spiro atoms. The van der Waals surface area contributed by atoms with E-state index in [1.54, 1.807) is 12.1 Å². The monoisotopic (exact) mass is 345 g/mol. The van der Waals surface area contributed by atoms with E-state index >= 15 is 0 Å². The molecule has 0 radical (unpaired) electrons. The van der Waals surface area contributed by atoms with Gasteiger partial charge in [-0.1, -0.05) is 38.1 Å². The Bertz CT molecular complexity index is 982. The van der Waals surface area contributed by atoms with Crippen LogP contribution in [0.3, 0.4) is 0 Å². The highest BCUT2D eigenvalue weighted by molar-refractivity contribution is 5.84. The molecule has 0 atom stereocenters. The second-order valence-electron chi connectivity index (χ2n) is 6.62. The number of hydrogen-bond acceptors (Lipinski definition) is 3. The van der Waals surface area contributed by atoms with Gasteiger partial charge in [-0.15, -0.1) is 0 Å². The molecule has 1 aromatic heterocycles. The van der Waals surface area contributed by atoms with Gasteiger partial charge >= 0.3 is 0 Å². The van der Waals surface area contributed by atoms with E-state index in [0.29, 0.717) is 17.2 Å². The molecule has 26 heavy (non-hydrogen) atoms. The van der Waals surface area contributed by atoms with Gasteiger partial charge in [-0.05, 0) is 53.8 Å². The summed E-state index contributed by atoms with van der Waals surface area (Å²) in [5.74, 6) is 0.302. The minimum absolute atomic E-state index is 0.181. The highest BCUT2D eigenvalue weighted by Crippen LogP contribution is 2.36. The van der Waals surface area contributed by atoms with E-state index in [-0.39, 0.29) is 11.6 Å². The number of nitrogens with two attached hydrogens (primary N) is 1. The number of hydrogen-bond donors (Lipinski definition) is 1. The molecule has 3 aromatic rings. The first-order valence-electron chi connectivity index (χ1n) is 8.48. The van der Waals surface area contributed by atoms with Gasteiger partial charge in [0, 0.05) is 11.1 Å². The van der Waals surface area contributed by atoms with Crippen molar-refractivity contribution in [2.24, 2.45) is 0 Å². The number of pyridine rings is 1. The van der Waals surface area contributed by atoms with Gasteiger partial charge in [-0.3, -0.25) is 0 Å². The Morgan fingerprint density at radius 2 is 1.58 bits per heavy atom. The van der Waals surface area contributed by atoms with Gasteiger partial charge in [0.25, 0.3) is 0 Å². The summed E-state index contributed by atoms with van der Waals surface area (Å²) in [6, 6.07) is 16.4. The van der Waals surface area contributed by atoms with E-state index in [4.69, 9.17) is 5.73 Å². The van der Waals surface area contributed by atoms with Crippen molar-refractivity contribution < 1.29 is 4.39 Å². The van der Waals surface area contributed by atoms with Crippen molar-refractivity contribution in [1.82, 2.24) is 4.98 Å². The van der Waals surface area contributed by atoms with E-state index in [0.717, 1.165) is 22.3 Å². The van der Waals surface area contributed by atoms with E-state index in [9.17, 15) is 9.65 Å². The van der Waals surface area contributed by atoms with Crippen LogP contribution in [0.2, 0.25) is 0 Å². The zero-order valence-electron chi connectivity index (χ0n) is 15.0. The first-order chi connectivity index (χ1) is 12.4. The van der Waals surface area contributed by atoms with Crippen molar-refractivity contribution in [2.45, 2.75) is 26.7 Å². The van der Waals surface area contributed by atoms with E-state index in [1.807, 2.05) is 19.1 Å². The molecule has 0 bridgehead atoms. The topological polar surface area (TPSA) is 62.7 Å². The van der Waals surface area contributed by atoms with Crippen molar-refractivity contribution in [3.8, 4) is 28.5 Å². The molecule has 2 aromatic carbocycles. The van der Waals surface area contributed by atoms with Crippen LogP contribution in [-0.4, -0.2) is 4.98 Å². The second kappa shape index (κ2) is 6.97. The normalized spacial score (nSPS) is 10.8. The maximum absolute atomic E-state index is 13.3. The second-order valence-corrected chi connectivity index (χ2v) is 6.62. The summed E-state index contributed by atoms with van der Waals surface area (Å²) in [6.07, 6.45) is 0. The Morgan fingerprint density at radius 3 is 2.12 bits per heavy atom. The van der Waals surface area contributed by atoms with Gasteiger partial charge in [-0.2, -0.15) is 5.26 Å². The lowest BCUT2D eigenvalue weighted by atomic mass is 9.91. The molecule has 3 nitrogen and oxygen atoms in total. The van der Waals surface area contributed by atoms with Crippen molar-refractivity contribution in [1.29, 1.82) is 5.26 Å². The third kappa shape index (κ3) is 3.16. The standard InChI is InChI=1S/C22H20FN3/c1-13(2)15-4-6-16(7-5-15)20-14(3)21(26-22(25)19(20)12-24)17-8-10-18(23)11-9-17/h4-11,13H,1-3H3,(H2,25,26). The first-order valence-corrected chi connectivity index (χ1v) is 8.48. The summed E-state index contributed by atoms with van der Waals surface area (Å²) in [6.45, 7) is 6.19. The minimum atomic E-state index is -0.308. The number of benzene rings is 2. The lowest BCUT2D eigenvalue weighted by Crippen LogP contribution is -2.03. The van der Waals surface area contributed by atoms with Crippen molar-refractivity contribution in [3.63, 3.8) is 0 Å². The van der Waals surface area contributed by atoms with Crippen LogP contribution in [0.1, 0.15) is 36.5 Å². The zero-order valence-corrected chi connectivity index (χ0v) is 15.0. The van der Waals surface area contributed by atoms with Crippen LogP contribution >= 0.6 is 0 Å². The predicted octanol–water partition coefficient (Wildman–Crippen LogP) is 5.44. The van der Waals surface area contributed by atoms with Gasteiger partial charge in [0.15, 0.2) is 0 Å². The SMILES string of the molecule is Cc1c(-c2ccc(F)cc2)nc(N)c(C#N)c1-c1ccc(C(C)C)cc1. The molecule has 0 saturated heterocycles. The highest BCUT2D eigenvalue weighted by atomic mass is 19.1. The molecule has 0 amide bonds. The van der Waals surface area contributed by atoms with Crippen LogP contribution in [-0.2, 0) is 0 Å². The summed E-state index contributed by atoms with van der Waals surface area (Å²) in [5, 5.41) is 9.61. The fourth-order valence-electron chi connectivity index (χ4n) is 3.09. The molecule has 0 saturated carbocycles. The average Bonchev–Trinajstić information content (AvgIpc) is 2.64. The number of nitrogens with zero attached hydrogens (tertiary/aromatic N) is 2. The molecule has 2 N–H and O–H groups in total. The van der Waals surface area contributed by atoms with Crippen LogP contribution in [0.4, 0.5) is 10.2 Å². The van der Waals surface area contributed by atoms with Crippen molar-refractivity contribution in [3.05, 3.63) is 71.0 Å². The first kappa shape index (κ1) is 17.6. The number of nitrogen functional groups attached to an aromatic ring is 1. The van der Waals surface area contributed by atoms with Crippen LogP contribution in [0.15, 0.2) is 48.5 Å². The van der Waals surface area contributed by atoms with Crippen molar-refractivity contribution in [2.75, 3.05) is 5.73 Å². The molecule has 0 fully saturated rings. The Balaban J connectivity index is 2.23. The molecule has 3 rings (SSSR count). The largest absolute Gasteiger partial charge is 0.383 e. The Hall–Kier alpha value is -3.19. The van der Waals surface area contributed by atoms with E-state index < -0.39 is 0 Å². The molecule has 0 unspecified atom stereocenters. The van der Waals surface area contributed by atoms with Crippen LogP contribution < -0.4 is 5.73 Å². The Morgan fingerprint density at radius 1 is 1.00 bits per heavy atom. The van der Waals surface area contributed by atoms with Crippen LogP contribution in [0, 0.1) is 24.1 Å². The van der Waals surface area contributed by atoms with Gasteiger partial charge in [0.1, 0.15) is 23.3 Å². The number of halogens is 1. The molecule has 130 valence electrons. The molecule has 0 aliphatic carbocycles. The van der Waals surface area contributed by atoms with Gasteiger partial charge < -0.3 is 5.73 Å². The predicted molar refractivity (Wildman–Crippen MR) is 103 cm³/mol. The average molecular weight is 345 g/mol. The van der Waals surface area contributed by atoms with Crippen LogP contribution in [0.25, 0.3) is 22.4 Å². The zero-order chi connectivity index (χ0) is 18.8. The number of aromatic nitrogens is 1. The molecular formula is C22H20FN3. The lowest BCUT2D eigenvalue weighted by molar-refractivity contribution is 0.628. The summed E-state index contributed by atoms with van der Waals surface area (Å²) < 4.78 is 13.3. The molecular weight excluding hydrogens is 325 g/mol. The number of nitriles is 1. The van der Waals surface area contributed by atoms with Gasteiger partial charge in [0.2, 0.25) is 0 Å². The van der Waals surface area contributed by atoms with E-state index in [1.165, 1.54) is 17.7 Å². The maximum atomic E-state index is 13.3. The lowest BCUT2D eigenvalue weighted by Gasteiger charge is -2.16. The van der Waals surface area contributed by atoms with Crippen LogP contribution in [0.5, 0.6) is 0 Å².